The second kappa shape index (κ2) is 18.9. The van der Waals surface area contributed by atoms with Crippen LogP contribution in [0.5, 0.6) is 34.5 Å². The molecule has 11 N–H and O–H groups in total. The van der Waals surface area contributed by atoms with Gasteiger partial charge in [0.15, 0.2) is 35.7 Å². The van der Waals surface area contributed by atoms with E-state index in [0.29, 0.717) is 6.42 Å². The lowest BCUT2D eigenvalue weighted by Crippen LogP contribution is -2.60. The number of aliphatic hydroxyl groups is 4. The van der Waals surface area contributed by atoms with Gasteiger partial charge in [-0.05, 0) is 12.5 Å². The highest BCUT2D eigenvalue weighted by molar-refractivity contribution is 5.96. The summed E-state index contributed by atoms with van der Waals surface area (Å²) in [5.41, 5.74) is 5.79. The van der Waals surface area contributed by atoms with Crippen molar-refractivity contribution < 1.29 is 73.8 Å². The first kappa shape index (κ1) is 41.0. The van der Waals surface area contributed by atoms with Gasteiger partial charge in [-0.15, -0.1) is 0 Å². The summed E-state index contributed by atoms with van der Waals surface area (Å²) < 4.78 is 33.3. The van der Waals surface area contributed by atoms with E-state index >= 15 is 0 Å². The standard InChI is InChI=1S/C35H44N4O15/c1-17(14-40)39-21-13-23(22(11-19(21)32(46)47)52-16-38-35(36)37-2)53-34-30(45)29(44)27(42)25(54-34)15-51-33(48)20-12-24(49-3)28(43)31(26(20)41)50-10-9-18-7-5-4-6-8-18/h4-8,11-13,17,25,27,29-30,34,39-45H,9-10,14-16H2,1-3H3,(H,46,47)(H3,36,37,38)/t17-,25-,27-,29+,30-,34-/m1/s1. The highest BCUT2D eigenvalue weighted by atomic mass is 16.7. The molecule has 19 heteroatoms. The Labute approximate surface area is 309 Å². The van der Waals surface area contributed by atoms with E-state index in [2.05, 4.69) is 15.6 Å². The van der Waals surface area contributed by atoms with Crippen LogP contribution in [0, 0.1) is 0 Å². The van der Waals surface area contributed by atoms with Crippen LogP contribution < -0.4 is 35.3 Å². The number of phenolic OH excluding ortho intramolecular Hbond substituents is 2. The molecule has 19 nitrogen and oxygen atoms in total. The molecule has 0 aromatic heterocycles. The normalized spacial score (nSPS) is 20.4. The summed E-state index contributed by atoms with van der Waals surface area (Å²) in [4.78, 5) is 29.1. The number of aromatic carboxylic acids is 1. The Kier molecular flexibility index (Phi) is 14.3. The summed E-state index contributed by atoms with van der Waals surface area (Å²) >= 11 is 0. The van der Waals surface area contributed by atoms with Crippen LogP contribution in [0.1, 0.15) is 33.2 Å². The number of phenols is 2. The SMILES string of the molecule is CN=C(N)NCOc1cc(C(=O)O)c(N[C@H](C)CO)cc1O[C@@H]1O[C@H](COC(=O)c2cc(OC)c(O)c(OCCc3ccccc3)c2O)[C@@H](O)[C@H](O)[C@H]1O. The Morgan fingerprint density at radius 3 is 2.31 bits per heavy atom. The zero-order valence-electron chi connectivity index (χ0n) is 29.5. The number of hydrogen-bond donors (Lipinski definition) is 10. The summed E-state index contributed by atoms with van der Waals surface area (Å²) in [6.07, 6.45) is -8.51. The summed E-state index contributed by atoms with van der Waals surface area (Å²) in [6, 6.07) is 11.9. The number of aromatic hydroxyl groups is 2. The zero-order chi connectivity index (χ0) is 39.5. The molecule has 0 aliphatic carbocycles. The molecule has 3 aromatic rings. The zero-order valence-corrected chi connectivity index (χ0v) is 29.5. The predicted octanol–water partition coefficient (Wildman–Crippen LogP) is 0.133. The number of nitrogens with two attached hydrogens (primary N) is 1. The van der Waals surface area contributed by atoms with Crippen LogP contribution >= 0.6 is 0 Å². The first-order valence-electron chi connectivity index (χ1n) is 16.5. The molecule has 0 unspecified atom stereocenters. The topological polar surface area (TPSA) is 294 Å². The number of methoxy groups -OCH3 is 1. The van der Waals surface area contributed by atoms with Gasteiger partial charge in [-0.1, -0.05) is 30.3 Å². The van der Waals surface area contributed by atoms with Crippen molar-refractivity contribution in [2.75, 3.05) is 46.0 Å². The minimum absolute atomic E-state index is 0.00241. The molecular weight excluding hydrogens is 716 g/mol. The van der Waals surface area contributed by atoms with Crippen LogP contribution in [-0.4, -0.2) is 131 Å². The van der Waals surface area contributed by atoms with E-state index < -0.39 is 78.1 Å². The third-order valence-electron chi connectivity index (χ3n) is 8.12. The third kappa shape index (κ3) is 10.0. The van der Waals surface area contributed by atoms with E-state index in [4.69, 9.17) is 34.2 Å². The molecule has 3 aromatic carbocycles. The van der Waals surface area contributed by atoms with Crippen molar-refractivity contribution in [3.05, 3.63) is 65.2 Å². The molecule has 0 saturated carbocycles. The van der Waals surface area contributed by atoms with E-state index in [0.717, 1.165) is 17.7 Å². The Balaban J connectivity index is 1.55. The van der Waals surface area contributed by atoms with Crippen LogP contribution in [0.3, 0.4) is 0 Å². The first-order valence-corrected chi connectivity index (χ1v) is 16.5. The number of anilines is 1. The molecule has 1 aliphatic rings. The highest BCUT2D eigenvalue weighted by Crippen LogP contribution is 2.46. The lowest BCUT2D eigenvalue weighted by Gasteiger charge is -2.40. The van der Waals surface area contributed by atoms with Gasteiger partial charge in [-0.25, -0.2) is 9.59 Å². The number of guanidine groups is 1. The van der Waals surface area contributed by atoms with Crippen LogP contribution in [0.25, 0.3) is 0 Å². The van der Waals surface area contributed by atoms with Gasteiger partial charge in [0.05, 0.1) is 31.6 Å². The number of carboxylic acids is 1. The van der Waals surface area contributed by atoms with Crippen LogP contribution in [-0.2, 0) is 15.9 Å². The Hall–Kier alpha value is -5.73. The molecule has 0 radical (unpaired) electrons. The number of aliphatic imine (C=N–C) groups is 1. The summed E-state index contributed by atoms with van der Waals surface area (Å²) in [7, 11) is 2.64. The van der Waals surface area contributed by atoms with E-state index in [-0.39, 0.29) is 54.4 Å². The second-order valence-corrected chi connectivity index (χ2v) is 11.9. The summed E-state index contributed by atoms with van der Waals surface area (Å²) in [5.74, 6) is -4.91. The molecule has 4 rings (SSSR count). The molecule has 1 heterocycles. The van der Waals surface area contributed by atoms with Crippen molar-refractivity contribution in [2.24, 2.45) is 10.7 Å². The molecule has 294 valence electrons. The van der Waals surface area contributed by atoms with Gasteiger partial charge < -0.3 is 80.5 Å². The van der Waals surface area contributed by atoms with Crippen molar-refractivity contribution in [2.45, 2.75) is 50.1 Å². The van der Waals surface area contributed by atoms with Gasteiger partial charge in [0, 0.05) is 37.7 Å². The molecule has 1 saturated heterocycles. The van der Waals surface area contributed by atoms with Crippen LogP contribution in [0.4, 0.5) is 5.69 Å². The number of ether oxygens (including phenoxy) is 6. The third-order valence-corrected chi connectivity index (χ3v) is 8.12. The first-order chi connectivity index (χ1) is 25.8. The van der Waals surface area contributed by atoms with E-state index in [1.165, 1.54) is 20.2 Å². The average molecular weight is 761 g/mol. The quantitative estimate of drug-likeness (QED) is 0.0379. The molecule has 6 atom stereocenters. The summed E-state index contributed by atoms with van der Waals surface area (Å²) in [6.45, 7) is 0.162. The largest absolute Gasteiger partial charge is 0.504 e. The monoisotopic (exact) mass is 760 g/mol. The van der Waals surface area contributed by atoms with Gasteiger partial charge in [-0.3, -0.25) is 4.99 Å². The fourth-order valence-electron chi connectivity index (χ4n) is 5.13. The van der Waals surface area contributed by atoms with Crippen molar-refractivity contribution in [1.29, 1.82) is 0 Å². The van der Waals surface area contributed by atoms with Crippen molar-refractivity contribution in [1.82, 2.24) is 5.32 Å². The number of hydrogen-bond acceptors (Lipinski definition) is 16. The van der Waals surface area contributed by atoms with Gasteiger partial charge in [-0.2, -0.15) is 0 Å². The number of nitrogens with zero attached hydrogens (tertiary/aromatic N) is 1. The summed E-state index contributed by atoms with van der Waals surface area (Å²) in [5, 5.41) is 78.7. The predicted molar refractivity (Wildman–Crippen MR) is 189 cm³/mol. The molecule has 0 amide bonds. The smallest absolute Gasteiger partial charge is 0.342 e. The number of benzene rings is 3. The maximum atomic E-state index is 13.2. The maximum Gasteiger partial charge on any atom is 0.342 e. The van der Waals surface area contributed by atoms with Gasteiger partial charge >= 0.3 is 11.9 Å². The molecule has 1 aliphatic heterocycles. The fourth-order valence-corrected chi connectivity index (χ4v) is 5.13. The molecule has 54 heavy (non-hydrogen) atoms. The van der Waals surface area contributed by atoms with Gasteiger partial charge in [0.1, 0.15) is 36.6 Å². The lowest BCUT2D eigenvalue weighted by atomic mass is 9.99. The fraction of sp³-hybridized carbons (Fsp3) is 0.400. The Morgan fingerprint density at radius 2 is 1.67 bits per heavy atom. The Bertz CT molecular complexity index is 1780. The molecule has 1 fully saturated rings. The molecule has 0 bridgehead atoms. The molecule has 0 spiro atoms. The number of nitrogens with one attached hydrogen (secondary N) is 2. The van der Waals surface area contributed by atoms with Gasteiger partial charge in [0.2, 0.25) is 17.8 Å². The number of carboxylic acid groups (broad SMARTS) is 1. The minimum atomic E-state index is -1.91. The number of carbonyl (C=O) groups excluding carboxylic acids is 1. The number of rotatable bonds is 17. The van der Waals surface area contributed by atoms with Gasteiger partial charge in [0.25, 0.3) is 0 Å². The maximum absolute atomic E-state index is 13.2. The number of carbonyl (C=O) groups is 2. The molecular formula is C35H44N4O15. The Morgan fingerprint density at radius 1 is 0.963 bits per heavy atom. The van der Waals surface area contributed by atoms with E-state index in [1.807, 2.05) is 30.3 Å². The average Bonchev–Trinajstić information content (AvgIpc) is 3.16. The van der Waals surface area contributed by atoms with Crippen LogP contribution in [0.15, 0.2) is 53.5 Å². The van der Waals surface area contributed by atoms with E-state index in [9.17, 15) is 45.3 Å². The van der Waals surface area contributed by atoms with Crippen molar-refractivity contribution >= 4 is 23.6 Å². The van der Waals surface area contributed by atoms with Crippen molar-refractivity contribution in [3.63, 3.8) is 0 Å². The highest BCUT2D eigenvalue weighted by Gasteiger charge is 2.46. The lowest BCUT2D eigenvalue weighted by molar-refractivity contribution is -0.277. The minimum Gasteiger partial charge on any atom is -0.504 e. The van der Waals surface area contributed by atoms with E-state index in [1.54, 1.807) is 6.92 Å². The second-order valence-electron chi connectivity index (χ2n) is 11.9. The van der Waals surface area contributed by atoms with Crippen LogP contribution in [0.2, 0.25) is 0 Å². The van der Waals surface area contributed by atoms with Crippen molar-refractivity contribution in [3.8, 4) is 34.5 Å². The number of aliphatic hydroxyl groups excluding tert-OH is 4. The number of esters is 1.